The monoisotopic (exact) mass is 263 g/mol. The molecular formula is C8H10BrNO2S. The Morgan fingerprint density at radius 2 is 1.85 bits per heavy atom. The highest BCUT2D eigenvalue weighted by molar-refractivity contribution is 9.08. The van der Waals surface area contributed by atoms with Crippen molar-refractivity contribution in [2.24, 2.45) is 0 Å². The van der Waals surface area contributed by atoms with Crippen LogP contribution in [0.1, 0.15) is 5.56 Å². The summed E-state index contributed by atoms with van der Waals surface area (Å²) in [5, 5.41) is 0.770. The van der Waals surface area contributed by atoms with E-state index in [4.69, 9.17) is 0 Å². The molecule has 0 aliphatic heterocycles. The van der Waals surface area contributed by atoms with Gasteiger partial charge in [-0.15, -0.1) is 0 Å². The van der Waals surface area contributed by atoms with E-state index in [9.17, 15) is 8.42 Å². The molecule has 0 radical (unpaired) electrons. The van der Waals surface area contributed by atoms with Gasteiger partial charge in [0.25, 0.3) is 0 Å². The molecule has 0 aliphatic rings. The van der Waals surface area contributed by atoms with Crippen LogP contribution in [0.4, 0.5) is 5.69 Å². The van der Waals surface area contributed by atoms with Gasteiger partial charge < -0.3 is 0 Å². The molecule has 1 rings (SSSR count). The Bertz CT molecular complexity index is 372. The number of hydrogen-bond donors (Lipinski definition) is 1. The molecular weight excluding hydrogens is 254 g/mol. The Morgan fingerprint density at radius 1 is 1.31 bits per heavy atom. The van der Waals surface area contributed by atoms with Gasteiger partial charge in [0.2, 0.25) is 10.0 Å². The summed E-state index contributed by atoms with van der Waals surface area (Å²) >= 11 is 3.30. The molecule has 0 fully saturated rings. The highest BCUT2D eigenvalue weighted by Gasteiger charge is 2.00. The second-order valence-corrected chi connectivity index (χ2v) is 5.01. The zero-order chi connectivity index (χ0) is 9.90. The van der Waals surface area contributed by atoms with Crippen LogP contribution in [0, 0.1) is 0 Å². The number of alkyl halides is 1. The van der Waals surface area contributed by atoms with Crippen LogP contribution in [0.3, 0.4) is 0 Å². The number of nitrogens with one attached hydrogen (secondary N) is 1. The molecule has 0 spiro atoms. The van der Waals surface area contributed by atoms with Crippen LogP contribution in [0.5, 0.6) is 0 Å². The number of anilines is 1. The lowest BCUT2D eigenvalue weighted by molar-refractivity contribution is 0.607. The number of rotatable bonds is 3. The number of benzene rings is 1. The summed E-state index contributed by atoms with van der Waals surface area (Å²) in [6.07, 6.45) is 1.13. The van der Waals surface area contributed by atoms with E-state index in [0.717, 1.165) is 17.1 Å². The first-order valence-corrected chi connectivity index (χ1v) is 6.65. The fraction of sp³-hybridized carbons (Fsp3) is 0.250. The van der Waals surface area contributed by atoms with Crippen LogP contribution < -0.4 is 4.72 Å². The first-order chi connectivity index (χ1) is 6.01. The van der Waals surface area contributed by atoms with Crippen LogP contribution >= 0.6 is 15.9 Å². The predicted molar refractivity (Wildman–Crippen MR) is 57.5 cm³/mol. The fourth-order valence-electron chi connectivity index (χ4n) is 0.876. The molecule has 3 nitrogen and oxygen atoms in total. The second kappa shape index (κ2) is 4.11. The van der Waals surface area contributed by atoms with Crippen molar-refractivity contribution in [1.29, 1.82) is 0 Å². The summed E-state index contributed by atoms with van der Waals surface area (Å²) in [5.74, 6) is 0. The zero-order valence-electron chi connectivity index (χ0n) is 7.12. The van der Waals surface area contributed by atoms with Crippen LogP contribution in [0.2, 0.25) is 0 Å². The van der Waals surface area contributed by atoms with Crippen LogP contribution in [-0.4, -0.2) is 14.7 Å². The average Bonchev–Trinajstić information content (AvgIpc) is 2.03. The van der Waals surface area contributed by atoms with Crippen molar-refractivity contribution in [3.05, 3.63) is 29.8 Å². The molecule has 0 saturated heterocycles. The van der Waals surface area contributed by atoms with Crippen LogP contribution in [-0.2, 0) is 15.4 Å². The van der Waals surface area contributed by atoms with Crippen molar-refractivity contribution in [3.8, 4) is 0 Å². The molecule has 0 unspecified atom stereocenters. The minimum absolute atomic E-state index is 0.590. The molecule has 0 saturated carbocycles. The maximum absolute atomic E-state index is 10.8. The Morgan fingerprint density at radius 3 is 2.23 bits per heavy atom. The Kier molecular flexibility index (Phi) is 3.33. The molecule has 0 aromatic heterocycles. The van der Waals surface area contributed by atoms with E-state index >= 15 is 0 Å². The molecule has 0 heterocycles. The van der Waals surface area contributed by atoms with Crippen LogP contribution in [0.15, 0.2) is 24.3 Å². The topological polar surface area (TPSA) is 46.2 Å². The van der Waals surface area contributed by atoms with Crippen molar-refractivity contribution in [2.45, 2.75) is 5.33 Å². The number of halogens is 1. The molecule has 1 aromatic rings. The molecule has 0 bridgehead atoms. The summed E-state index contributed by atoms with van der Waals surface area (Å²) < 4.78 is 24.1. The second-order valence-electron chi connectivity index (χ2n) is 2.70. The molecule has 13 heavy (non-hydrogen) atoms. The third-order valence-electron chi connectivity index (χ3n) is 1.41. The lowest BCUT2D eigenvalue weighted by atomic mass is 10.2. The Hall–Kier alpha value is -0.550. The quantitative estimate of drug-likeness (QED) is 0.848. The third-order valence-corrected chi connectivity index (χ3v) is 2.67. The minimum atomic E-state index is -3.16. The molecule has 1 N–H and O–H groups in total. The lowest BCUT2D eigenvalue weighted by Crippen LogP contribution is -2.09. The molecule has 5 heteroatoms. The van der Waals surface area contributed by atoms with Crippen molar-refractivity contribution in [1.82, 2.24) is 0 Å². The number of hydrogen-bond acceptors (Lipinski definition) is 2. The lowest BCUT2D eigenvalue weighted by Gasteiger charge is -2.03. The predicted octanol–water partition coefficient (Wildman–Crippen LogP) is 1.95. The van der Waals surface area contributed by atoms with Gasteiger partial charge in [-0.25, -0.2) is 8.42 Å². The highest BCUT2D eigenvalue weighted by Crippen LogP contribution is 2.12. The van der Waals surface area contributed by atoms with Crippen molar-refractivity contribution in [2.75, 3.05) is 11.0 Å². The first-order valence-electron chi connectivity index (χ1n) is 3.64. The van der Waals surface area contributed by atoms with Gasteiger partial charge in [0.05, 0.1) is 6.26 Å². The van der Waals surface area contributed by atoms with Gasteiger partial charge in [-0.3, -0.25) is 4.72 Å². The summed E-state index contributed by atoms with van der Waals surface area (Å²) in [5.41, 5.74) is 1.70. The largest absolute Gasteiger partial charge is 0.284 e. The van der Waals surface area contributed by atoms with E-state index in [-0.39, 0.29) is 0 Å². The van der Waals surface area contributed by atoms with E-state index in [1.165, 1.54) is 0 Å². The average molecular weight is 264 g/mol. The van der Waals surface area contributed by atoms with Gasteiger partial charge in [-0.05, 0) is 17.7 Å². The molecule has 0 aliphatic carbocycles. The van der Waals surface area contributed by atoms with Crippen molar-refractivity contribution < 1.29 is 8.42 Å². The maximum atomic E-state index is 10.8. The maximum Gasteiger partial charge on any atom is 0.229 e. The van der Waals surface area contributed by atoms with Crippen molar-refractivity contribution >= 4 is 31.6 Å². The molecule has 72 valence electrons. The van der Waals surface area contributed by atoms with Gasteiger partial charge >= 0.3 is 0 Å². The minimum Gasteiger partial charge on any atom is -0.284 e. The molecule has 0 atom stereocenters. The van der Waals surface area contributed by atoms with E-state index in [2.05, 4.69) is 20.7 Å². The summed E-state index contributed by atoms with van der Waals surface area (Å²) in [7, 11) is -3.16. The third kappa shape index (κ3) is 3.78. The number of sulfonamides is 1. The Labute approximate surface area is 86.3 Å². The summed E-state index contributed by atoms with van der Waals surface area (Å²) in [6.45, 7) is 0. The van der Waals surface area contributed by atoms with Gasteiger partial charge in [-0.1, -0.05) is 28.1 Å². The van der Waals surface area contributed by atoms with Crippen molar-refractivity contribution in [3.63, 3.8) is 0 Å². The Balaban J connectivity index is 2.81. The first kappa shape index (κ1) is 10.5. The smallest absolute Gasteiger partial charge is 0.229 e. The SMILES string of the molecule is CS(=O)(=O)Nc1ccc(CBr)cc1. The van der Waals surface area contributed by atoms with E-state index < -0.39 is 10.0 Å². The van der Waals surface area contributed by atoms with Crippen LogP contribution in [0.25, 0.3) is 0 Å². The normalized spacial score (nSPS) is 11.2. The zero-order valence-corrected chi connectivity index (χ0v) is 9.52. The molecule has 1 aromatic carbocycles. The van der Waals surface area contributed by atoms with E-state index in [1.807, 2.05) is 12.1 Å². The molecule has 0 amide bonds. The van der Waals surface area contributed by atoms with Gasteiger partial charge in [0.1, 0.15) is 0 Å². The van der Waals surface area contributed by atoms with Gasteiger partial charge in [0.15, 0.2) is 0 Å². The summed E-state index contributed by atoms with van der Waals surface area (Å²) in [6, 6.07) is 7.19. The van der Waals surface area contributed by atoms with Gasteiger partial charge in [-0.2, -0.15) is 0 Å². The van der Waals surface area contributed by atoms with Gasteiger partial charge in [0, 0.05) is 11.0 Å². The van der Waals surface area contributed by atoms with E-state index in [0.29, 0.717) is 5.69 Å². The summed E-state index contributed by atoms with van der Waals surface area (Å²) in [4.78, 5) is 0. The van der Waals surface area contributed by atoms with E-state index in [1.54, 1.807) is 12.1 Å². The standard InChI is InChI=1S/C8H10BrNO2S/c1-13(11,12)10-8-4-2-7(6-9)3-5-8/h2-5,10H,6H2,1H3. The highest BCUT2D eigenvalue weighted by atomic mass is 79.9. The fourth-order valence-corrected chi connectivity index (χ4v) is 1.81.